The van der Waals surface area contributed by atoms with Gasteiger partial charge in [-0.2, -0.15) is 0 Å². The molecule has 0 aliphatic carbocycles. The molecule has 1 unspecified atom stereocenters. The van der Waals surface area contributed by atoms with Gasteiger partial charge >= 0.3 is 5.97 Å². The van der Waals surface area contributed by atoms with Gasteiger partial charge in [0.15, 0.2) is 0 Å². The Morgan fingerprint density at radius 1 is 0.848 bits per heavy atom. The number of carbonyl (C=O) groups is 1. The van der Waals surface area contributed by atoms with Crippen LogP contribution in [-0.4, -0.2) is 24.3 Å². The second-order valence-electron chi connectivity index (χ2n) is 9.45. The number of ether oxygens (including phenoxy) is 1. The molecule has 0 saturated heterocycles. The van der Waals surface area contributed by atoms with Crippen LogP contribution in [0.2, 0.25) is 0 Å². The second kappa shape index (κ2) is 11.3. The van der Waals surface area contributed by atoms with Crippen LogP contribution in [0.1, 0.15) is 62.6 Å². The average molecular weight is 445 g/mol. The van der Waals surface area contributed by atoms with Gasteiger partial charge in [-0.1, -0.05) is 97.9 Å². The fourth-order valence-corrected chi connectivity index (χ4v) is 5.00. The molecule has 0 fully saturated rings. The van der Waals surface area contributed by atoms with Crippen molar-refractivity contribution in [2.75, 3.05) is 13.2 Å². The quantitative estimate of drug-likeness (QED) is 0.343. The lowest BCUT2D eigenvalue weighted by Crippen LogP contribution is -2.40. The number of hydrogen-bond acceptors (Lipinski definition) is 3. The molecular weight excluding hydrogens is 408 g/mol. The van der Waals surface area contributed by atoms with Gasteiger partial charge in [0.2, 0.25) is 0 Å². The van der Waals surface area contributed by atoms with E-state index in [1.165, 1.54) is 16.7 Å². The molecule has 0 amide bonds. The molecule has 0 saturated carbocycles. The molecule has 1 atom stereocenters. The molecule has 0 spiro atoms. The van der Waals surface area contributed by atoms with E-state index in [4.69, 9.17) is 9.84 Å². The summed E-state index contributed by atoms with van der Waals surface area (Å²) < 4.78 is 5.40. The molecule has 3 rings (SSSR count). The summed E-state index contributed by atoms with van der Waals surface area (Å²) >= 11 is 0. The summed E-state index contributed by atoms with van der Waals surface area (Å²) in [6.45, 7) is 6.00. The lowest BCUT2D eigenvalue weighted by Gasteiger charge is -2.42. The zero-order valence-corrected chi connectivity index (χ0v) is 20.0. The van der Waals surface area contributed by atoms with Gasteiger partial charge in [-0.25, -0.2) is 0 Å². The van der Waals surface area contributed by atoms with Crippen LogP contribution in [-0.2, 0) is 14.9 Å². The first-order valence-electron chi connectivity index (χ1n) is 11.9. The van der Waals surface area contributed by atoms with Gasteiger partial charge in [0.05, 0.1) is 12.0 Å². The third kappa shape index (κ3) is 5.91. The summed E-state index contributed by atoms with van der Waals surface area (Å²) in [5.74, 6) is 0.0522. The van der Waals surface area contributed by atoms with Crippen molar-refractivity contribution >= 4 is 5.97 Å². The van der Waals surface area contributed by atoms with Crippen molar-refractivity contribution in [2.45, 2.75) is 51.4 Å². The molecule has 3 aromatic carbocycles. The number of carbonyl (C=O) groups excluding carboxylic acids is 1. The summed E-state index contributed by atoms with van der Waals surface area (Å²) in [7, 11) is 0. The maximum absolute atomic E-state index is 13.1. The van der Waals surface area contributed by atoms with Gasteiger partial charge in [-0.15, -0.1) is 0 Å². The van der Waals surface area contributed by atoms with Crippen molar-refractivity contribution in [1.29, 1.82) is 0 Å². The largest absolute Gasteiger partial charge is 0.463 e. The molecule has 174 valence electrons. The van der Waals surface area contributed by atoms with Crippen LogP contribution >= 0.6 is 0 Å². The average Bonchev–Trinajstić information content (AvgIpc) is 2.86. The zero-order chi connectivity index (χ0) is 23.7. The van der Waals surface area contributed by atoms with Crippen molar-refractivity contribution in [3.05, 3.63) is 108 Å². The SMILES string of the molecule is CCC(CC(CC(C)(C)C(=O)OCCO)(c1ccccc1)c1ccccc1)c1ccccc1. The van der Waals surface area contributed by atoms with E-state index in [1.54, 1.807) is 0 Å². The van der Waals surface area contributed by atoms with Crippen LogP contribution in [0.4, 0.5) is 0 Å². The molecule has 0 aliphatic rings. The Hall–Kier alpha value is -2.91. The molecule has 33 heavy (non-hydrogen) atoms. The number of rotatable bonds is 11. The summed E-state index contributed by atoms with van der Waals surface area (Å²) in [4.78, 5) is 13.1. The van der Waals surface area contributed by atoms with Gasteiger partial charge in [-0.3, -0.25) is 4.79 Å². The Morgan fingerprint density at radius 3 is 1.79 bits per heavy atom. The molecule has 3 aromatic rings. The Balaban J connectivity index is 2.15. The summed E-state index contributed by atoms with van der Waals surface area (Å²) in [5, 5.41) is 9.17. The molecular formula is C30H36O3. The maximum atomic E-state index is 13.1. The van der Waals surface area contributed by atoms with E-state index in [2.05, 4.69) is 85.8 Å². The van der Waals surface area contributed by atoms with Gasteiger partial charge < -0.3 is 9.84 Å². The van der Waals surface area contributed by atoms with E-state index >= 15 is 0 Å². The number of esters is 1. The molecule has 0 heterocycles. The molecule has 0 bridgehead atoms. The van der Waals surface area contributed by atoms with Crippen molar-refractivity contribution in [2.24, 2.45) is 5.41 Å². The van der Waals surface area contributed by atoms with E-state index in [0.717, 1.165) is 12.8 Å². The summed E-state index contributed by atoms with van der Waals surface area (Å²) in [6, 6.07) is 31.8. The highest BCUT2D eigenvalue weighted by Gasteiger charge is 2.44. The molecule has 3 nitrogen and oxygen atoms in total. The first kappa shape index (κ1) is 24.7. The topological polar surface area (TPSA) is 46.5 Å². The van der Waals surface area contributed by atoms with Crippen molar-refractivity contribution in [3.63, 3.8) is 0 Å². The Labute approximate surface area is 198 Å². The Morgan fingerprint density at radius 2 is 1.33 bits per heavy atom. The van der Waals surface area contributed by atoms with Crippen LogP contribution < -0.4 is 0 Å². The van der Waals surface area contributed by atoms with Crippen LogP contribution in [0.15, 0.2) is 91.0 Å². The molecule has 0 aromatic heterocycles. The van der Waals surface area contributed by atoms with Crippen LogP contribution in [0.5, 0.6) is 0 Å². The minimum Gasteiger partial charge on any atom is -0.463 e. The Bertz CT molecular complexity index is 941. The first-order valence-corrected chi connectivity index (χ1v) is 11.9. The Kier molecular flexibility index (Phi) is 8.46. The standard InChI is InChI=1S/C30H36O3/c1-4-24(25-14-8-5-9-15-25)22-30(26-16-10-6-11-17-26,27-18-12-7-13-19-27)23-29(2,3)28(32)33-21-20-31/h5-19,24,31H,4,20-23H2,1-3H3. The monoisotopic (exact) mass is 444 g/mol. The molecule has 0 radical (unpaired) electrons. The zero-order valence-electron chi connectivity index (χ0n) is 20.0. The highest BCUT2D eigenvalue weighted by atomic mass is 16.5. The lowest BCUT2D eigenvalue weighted by atomic mass is 9.61. The van der Waals surface area contributed by atoms with E-state index in [9.17, 15) is 4.79 Å². The van der Waals surface area contributed by atoms with Gasteiger partial charge in [0.1, 0.15) is 6.61 Å². The molecule has 3 heteroatoms. The van der Waals surface area contributed by atoms with Crippen molar-refractivity contribution < 1.29 is 14.6 Å². The van der Waals surface area contributed by atoms with E-state index in [1.807, 2.05) is 26.0 Å². The van der Waals surface area contributed by atoms with Crippen LogP contribution in [0.25, 0.3) is 0 Å². The molecule has 1 N–H and O–H groups in total. The van der Waals surface area contributed by atoms with Crippen molar-refractivity contribution in [3.8, 4) is 0 Å². The predicted octanol–water partition coefficient (Wildman–Crippen LogP) is 6.51. The van der Waals surface area contributed by atoms with E-state index < -0.39 is 5.41 Å². The smallest absolute Gasteiger partial charge is 0.311 e. The number of hydrogen-bond donors (Lipinski definition) is 1. The predicted molar refractivity (Wildman–Crippen MR) is 134 cm³/mol. The maximum Gasteiger partial charge on any atom is 0.311 e. The summed E-state index contributed by atoms with van der Waals surface area (Å²) in [6.07, 6.45) is 2.47. The van der Waals surface area contributed by atoms with Gasteiger partial charge in [-0.05, 0) is 55.7 Å². The number of aliphatic hydroxyl groups excluding tert-OH is 1. The third-order valence-corrected chi connectivity index (χ3v) is 6.63. The third-order valence-electron chi connectivity index (χ3n) is 6.63. The van der Waals surface area contributed by atoms with Gasteiger partial charge in [0.25, 0.3) is 0 Å². The van der Waals surface area contributed by atoms with Crippen LogP contribution in [0, 0.1) is 5.41 Å². The van der Waals surface area contributed by atoms with Crippen molar-refractivity contribution in [1.82, 2.24) is 0 Å². The summed E-state index contributed by atoms with van der Waals surface area (Å²) in [5.41, 5.74) is 2.59. The van der Waals surface area contributed by atoms with E-state index in [0.29, 0.717) is 12.3 Å². The minimum absolute atomic E-state index is 0.0214. The minimum atomic E-state index is -0.740. The molecule has 0 aliphatic heterocycles. The lowest BCUT2D eigenvalue weighted by molar-refractivity contribution is -0.156. The highest BCUT2D eigenvalue weighted by molar-refractivity contribution is 5.76. The van der Waals surface area contributed by atoms with Crippen LogP contribution in [0.3, 0.4) is 0 Å². The fourth-order valence-electron chi connectivity index (χ4n) is 5.00. The first-order chi connectivity index (χ1) is 15.9. The highest BCUT2D eigenvalue weighted by Crippen LogP contribution is 2.49. The fraction of sp³-hybridized carbons (Fsp3) is 0.367. The van der Waals surface area contributed by atoms with Gasteiger partial charge in [0, 0.05) is 5.41 Å². The number of benzene rings is 3. The number of aliphatic hydroxyl groups is 1. The normalized spacial score (nSPS) is 12.8. The van der Waals surface area contributed by atoms with E-state index in [-0.39, 0.29) is 24.6 Å². The second-order valence-corrected chi connectivity index (χ2v) is 9.45.